The molecule has 5 nitrogen and oxygen atoms in total. The molecule has 0 unspecified atom stereocenters. The van der Waals surface area contributed by atoms with Crippen LogP contribution in [0.3, 0.4) is 0 Å². The number of carboxylic acid groups (broad SMARTS) is 1. The Balaban J connectivity index is 1.82. The molecule has 114 valence electrons. The molecular formula is C16H15NO4S. The van der Waals surface area contributed by atoms with Crippen molar-refractivity contribution in [1.82, 2.24) is 4.90 Å². The second-order valence-electron chi connectivity index (χ2n) is 5.12. The molecule has 2 heterocycles. The molecule has 0 saturated heterocycles. The van der Waals surface area contributed by atoms with Crippen LogP contribution in [0.1, 0.15) is 31.2 Å². The van der Waals surface area contributed by atoms with Gasteiger partial charge in [-0.3, -0.25) is 4.79 Å². The summed E-state index contributed by atoms with van der Waals surface area (Å²) in [6.07, 6.45) is 0.740. The molecule has 22 heavy (non-hydrogen) atoms. The number of methoxy groups -OCH3 is 1. The lowest BCUT2D eigenvalue weighted by atomic mass is 9.97. The quantitative estimate of drug-likeness (QED) is 0.945. The number of rotatable bonds is 3. The first-order chi connectivity index (χ1) is 10.6. The molecule has 1 N–H and O–H groups in total. The smallest absolute Gasteiger partial charge is 0.335 e. The van der Waals surface area contributed by atoms with Gasteiger partial charge in [-0.15, -0.1) is 11.3 Å². The van der Waals surface area contributed by atoms with Crippen LogP contribution in [0, 0.1) is 0 Å². The highest BCUT2D eigenvalue weighted by atomic mass is 32.1. The van der Waals surface area contributed by atoms with Crippen molar-refractivity contribution in [2.45, 2.75) is 13.0 Å². The third kappa shape index (κ3) is 2.69. The van der Waals surface area contributed by atoms with Gasteiger partial charge in [0.2, 0.25) is 0 Å². The minimum Gasteiger partial charge on any atom is -0.496 e. The number of thiophene rings is 1. The Morgan fingerprint density at radius 1 is 1.27 bits per heavy atom. The predicted octanol–water partition coefficient (Wildman–Crippen LogP) is 2.65. The van der Waals surface area contributed by atoms with Gasteiger partial charge in [-0.2, -0.15) is 0 Å². The third-order valence-corrected chi connectivity index (χ3v) is 4.67. The van der Waals surface area contributed by atoms with Gasteiger partial charge in [0.1, 0.15) is 5.75 Å². The predicted molar refractivity (Wildman–Crippen MR) is 82.7 cm³/mol. The van der Waals surface area contributed by atoms with Crippen molar-refractivity contribution in [2.24, 2.45) is 0 Å². The Kier molecular flexibility index (Phi) is 3.85. The SMILES string of the molecule is COc1csc(C(=O)N2CCc3ccc(C(=O)O)cc3C2)c1. The summed E-state index contributed by atoms with van der Waals surface area (Å²) in [7, 11) is 1.57. The molecule has 0 radical (unpaired) electrons. The summed E-state index contributed by atoms with van der Waals surface area (Å²) >= 11 is 1.35. The summed E-state index contributed by atoms with van der Waals surface area (Å²) in [6, 6.07) is 6.85. The van der Waals surface area contributed by atoms with E-state index in [-0.39, 0.29) is 11.5 Å². The van der Waals surface area contributed by atoms with Crippen molar-refractivity contribution in [2.75, 3.05) is 13.7 Å². The Hall–Kier alpha value is -2.34. The maximum absolute atomic E-state index is 12.5. The fourth-order valence-corrected chi connectivity index (χ4v) is 3.38. The first-order valence-corrected chi connectivity index (χ1v) is 7.73. The summed E-state index contributed by atoms with van der Waals surface area (Å²) in [5.74, 6) is -0.312. The molecule has 0 atom stereocenters. The average molecular weight is 317 g/mol. The zero-order chi connectivity index (χ0) is 15.7. The van der Waals surface area contributed by atoms with Crippen LogP contribution < -0.4 is 4.74 Å². The second kappa shape index (κ2) is 5.81. The minimum absolute atomic E-state index is 0.0420. The van der Waals surface area contributed by atoms with Crippen molar-refractivity contribution >= 4 is 23.2 Å². The summed E-state index contributed by atoms with van der Waals surface area (Å²) in [4.78, 5) is 26.0. The van der Waals surface area contributed by atoms with Gasteiger partial charge in [0.05, 0.1) is 17.6 Å². The lowest BCUT2D eigenvalue weighted by molar-refractivity contribution is 0.0696. The zero-order valence-corrected chi connectivity index (χ0v) is 12.9. The first kappa shape index (κ1) is 14.6. The normalized spacial score (nSPS) is 13.6. The molecule has 0 spiro atoms. The van der Waals surface area contributed by atoms with Crippen molar-refractivity contribution in [3.63, 3.8) is 0 Å². The van der Waals surface area contributed by atoms with Crippen LogP contribution in [-0.2, 0) is 13.0 Å². The highest BCUT2D eigenvalue weighted by molar-refractivity contribution is 7.12. The van der Waals surface area contributed by atoms with Crippen LogP contribution in [0.2, 0.25) is 0 Å². The number of carbonyl (C=O) groups excluding carboxylic acids is 1. The molecular weight excluding hydrogens is 302 g/mol. The Labute approximate surface area is 131 Å². The molecule has 0 aliphatic carbocycles. The average Bonchev–Trinajstić information content (AvgIpc) is 3.02. The van der Waals surface area contributed by atoms with Gasteiger partial charge >= 0.3 is 5.97 Å². The Morgan fingerprint density at radius 3 is 2.77 bits per heavy atom. The Bertz CT molecular complexity index is 737. The second-order valence-corrected chi connectivity index (χ2v) is 6.03. The van der Waals surface area contributed by atoms with Crippen molar-refractivity contribution in [3.8, 4) is 5.75 Å². The first-order valence-electron chi connectivity index (χ1n) is 6.85. The van der Waals surface area contributed by atoms with E-state index in [2.05, 4.69) is 0 Å². The van der Waals surface area contributed by atoms with Gasteiger partial charge in [-0.25, -0.2) is 4.79 Å². The van der Waals surface area contributed by atoms with Crippen LogP contribution >= 0.6 is 11.3 Å². The molecule has 1 aliphatic heterocycles. The van der Waals surface area contributed by atoms with E-state index >= 15 is 0 Å². The lowest BCUT2D eigenvalue weighted by Gasteiger charge is -2.28. The number of carbonyl (C=O) groups is 2. The lowest BCUT2D eigenvalue weighted by Crippen LogP contribution is -2.35. The molecule has 0 bridgehead atoms. The molecule has 3 rings (SSSR count). The van der Waals surface area contributed by atoms with Crippen LogP contribution in [0.5, 0.6) is 5.75 Å². The van der Waals surface area contributed by atoms with Crippen LogP contribution in [-0.4, -0.2) is 35.5 Å². The van der Waals surface area contributed by atoms with Gasteiger partial charge in [0, 0.05) is 24.5 Å². The van der Waals surface area contributed by atoms with Gasteiger partial charge < -0.3 is 14.7 Å². The van der Waals surface area contributed by atoms with E-state index in [0.29, 0.717) is 23.7 Å². The monoisotopic (exact) mass is 317 g/mol. The molecule has 1 aliphatic rings. The third-order valence-electron chi connectivity index (χ3n) is 3.77. The number of fused-ring (bicyclic) bond motifs is 1. The van der Waals surface area contributed by atoms with E-state index in [0.717, 1.165) is 17.5 Å². The number of ether oxygens (including phenoxy) is 1. The largest absolute Gasteiger partial charge is 0.496 e. The maximum atomic E-state index is 12.5. The number of benzene rings is 1. The molecule has 2 aromatic rings. The number of nitrogens with zero attached hydrogens (tertiary/aromatic N) is 1. The van der Waals surface area contributed by atoms with E-state index in [4.69, 9.17) is 9.84 Å². The van der Waals surface area contributed by atoms with Crippen molar-refractivity contribution in [3.05, 3.63) is 51.2 Å². The molecule has 0 saturated carbocycles. The summed E-state index contributed by atoms with van der Waals surface area (Å²) in [5, 5.41) is 10.9. The molecule has 0 fully saturated rings. The zero-order valence-electron chi connectivity index (χ0n) is 12.0. The van der Waals surface area contributed by atoms with Crippen LogP contribution in [0.15, 0.2) is 29.6 Å². The molecule has 1 amide bonds. The standard InChI is InChI=1S/C16H15NO4S/c1-21-13-7-14(22-9-13)15(18)17-5-4-10-2-3-11(16(19)20)6-12(10)8-17/h2-3,6-7,9H,4-5,8H2,1H3,(H,19,20). The number of hydrogen-bond donors (Lipinski definition) is 1. The van der Waals surface area contributed by atoms with Crippen molar-refractivity contribution in [1.29, 1.82) is 0 Å². The highest BCUT2D eigenvalue weighted by Gasteiger charge is 2.23. The fraction of sp³-hybridized carbons (Fsp3) is 0.250. The summed E-state index contributed by atoms with van der Waals surface area (Å²) in [6.45, 7) is 1.08. The number of amides is 1. The van der Waals surface area contributed by atoms with Crippen molar-refractivity contribution < 1.29 is 19.4 Å². The maximum Gasteiger partial charge on any atom is 0.335 e. The van der Waals surface area contributed by atoms with Gasteiger partial charge in [0.25, 0.3) is 5.91 Å². The van der Waals surface area contributed by atoms with Gasteiger partial charge in [-0.1, -0.05) is 6.07 Å². The van der Waals surface area contributed by atoms with E-state index in [9.17, 15) is 9.59 Å². The molecule has 6 heteroatoms. The fourth-order valence-electron chi connectivity index (χ4n) is 2.56. The summed E-state index contributed by atoms with van der Waals surface area (Å²) in [5.41, 5.74) is 2.27. The van der Waals surface area contributed by atoms with E-state index in [1.165, 1.54) is 11.3 Å². The van der Waals surface area contributed by atoms with E-state index in [1.54, 1.807) is 35.6 Å². The number of aromatic carboxylic acids is 1. The van der Waals surface area contributed by atoms with Gasteiger partial charge in [-0.05, 0) is 29.7 Å². The van der Waals surface area contributed by atoms with Crippen LogP contribution in [0.4, 0.5) is 0 Å². The number of hydrogen-bond acceptors (Lipinski definition) is 4. The molecule has 1 aromatic carbocycles. The van der Waals surface area contributed by atoms with E-state index in [1.807, 2.05) is 6.07 Å². The molecule has 1 aromatic heterocycles. The highest BCUT2D eigenvalue weighted by Crippen LogP contribution is 2.26. The summed E-state index contributed by atoms with van der Waals surface area (Å²) < 4.78 is 5.11. The topological polar surface area (TPSA) is 66.8 Å². The Morgan fingerprint density at radius 2 is 2.09 bits per heavy atom. The minimum atomic E-state index is -0.950. The number of carboxylic acids is 1. The van der Waals surface area contributed by atoms with E-state index < -0.39 is 5.97 Å². The van der Waals surface area contributed by atoms with Gasteiger partial charge in [0.15, 0.2) is 0 Å². The van der Waals surface area contributed by atoms with Crippen LogP contribution in [0.25, 0.3) is 0 Å².